The predicted molar refractivity (Wildman–Crippen MR) is 66.2 cm³/mol. The van der Waals surface area contributed by atoms with Gasteiger partial charge in [-0.25, -0.2) is 4.39 Å². The molecule has 4 nitrogen and oxygen atoms in total. The molecule has 0 radical (unpaired) electrons. The highest BCUT2D eigenvalue weighted by Gasteiger charge is 2.06. The normalized spacial score (nSPS) is 10.2. The van der Waals surface area contributed by atoms with E-state index in [1.807, 2.05) is 0 Å². The molecule has 0 bridgehead atoms. The first-order chi connectivity index (χ1) is 8.63. The Morgan fingerprint density at radius 3 is 2.89 bits per heavy atom. The van der Waals surface area contributed by atoms with Gasteiger partial charge in [-0.05, 0) is 31.0 Å². The van der Waals surface area contributed by atoms with Crippen LogP contribution in [0.1, 0.15) is 12.8 Å². The summed E-state index contributed by atoms with van der Waals surface area (Å²) in [6.45, 7) is 0.419. The molecule has 18 heavy (non-hydrogen) atoms. The highest BCUT2D eigenvalue weighted by molar-refractivity contribution is 6.32. The fraction of sp³-hybridized carbons (Fsp3) is 0.417. The van der Waals surface area contributed by atoms with E-state index in [1.54, 1.807) is 0 Å². The van der Waals surface area contributed by atoms with Crippen LogP contribution in [0.5, 0.6) is 5.75 Å². The first kappa shape index (κ1) is 14.7. The minimum atomic E-state index is -0.458. The summed E-state index contributed by atoms with van der Waals surface area (Å²) in [5, 5.41) is 11.3. The van der Waals surface area contributed by atoms with Crippen LogP contribution in [0.2, 0.25) is 5.02 Å². The van der Waals surface area contributed by atoms with E-state index < -0.39 is 5.82 Å². The summed E-state index contributed by atoms with van der Waals surface area (Å²) in [7, 11) is 0. The third kappa shape index (κ3) is 5.33. The Kier molecular flexibility index (Phi) is 6.46. The van der Waals surface area contributed by atoms with Crippen molar-refractivity contribution in [1.29, 1.82) is 0 Å². The molecule has 0 aliphatic rings. The quantitative estimate of drug-likeness (QED) is 0.746. The Balaban J connectivity index is 2.29. The van der Waals surface area contributed by atoms with Gasteiger partial charge in [-0.3, -0.25) is 4.79 Å². The van der Waals surface area contributed by atoms with E-state index in [4.69, 9.17) is 21.4 Å². The molecule has 1 aromatic rings. The SMILES string of the molecule is O=C(COc1ccc(F)cc1Cl)NCCCCO. The number of hydrogen-bond donors (Lipinski definition) is 2. The minimum Gasteiger partial charge on any atom is -0.482 e. The molecule has 0 saturated carbocycles. The Morgan fingerprint density at radius 1 is 1.44 bits per heavy atom. The summed E-state index contributed by atoms with van der Waals surface area (Å²) in [5.74, 6) is -0.474. The van der Waals surface area contributed by atoms with Crippen LogP contribution in [0.3, 0.4) is 0 Å². The van der Waals surface area contributed by atoms with E-state index in [9.17, 15) is 9.18 Å². The zero-order valence-corrected chi connectivity index (χ0v) is 10.5. The second kappa shape index (κ2) is 7.89. The molecule has 0 aliphatic carbocycles. The summed E-state index contributed by atoms with van der Waals surface area (Å²) in [6, 6.07) is 3.70. The Hall–Kier alpha value is -1.33. The number of nitrogens with one attached hydrogen (secondary N) is 1. The monoisotopic (exact) mass is 275 g/mol. The van der Waals surface area contributed by atoms with Crippen molar-refractivity contribution in [3.8, 4) is 5.75 Å². The maximum absolute atomic E-state index is 12.7. The number of benzene rings is 1. The number of halogens is 2. The van der Waals surface area contributed by atoms with Crippen LogP contribution >= 0.6 is 11.6 Å². The molecule has 100 valence electrons. The van der Waals surface area contributed by atoms with Crippen molar-refractivity contribution in [2.24, 2.45) is 0 Å². The van der Waals surface area contributed by atoms with Crippen molar-refractivity contribution >= 4 is 17.5 Å². The van der Waals surface area contributed by atoms with Gasteiger partial charge in [0.15, 0.2) is 6.61 Å². The lowest BCUT2D eigenvalue weighted by molar-refractivity contribution is -0.123. The fourth-order valence-electron chi connectivity index (χ4n) is 1.25. The number of unbranched alkanes of at least 4 members (excludes halogenated alkanes) is 1. The lowest BCUT2D eigenvalue weighted by atomic mass is 10.3. The molecule has 0 fully saturated rings. The molecular formula is C12H15ClFNO3. The molecule has 0 unspecified atom stereocenters. The van der Waals surface area contributed by atoms with Gasteiger partial charge in [-0.15, -0.1) is 0 Å². The van der Waals surface area contributed by atoms with E-state index in [2.05, 4.69) is 5.32 Å². The van der Waals surface area contributed by atoms with Crippen molar-refractivity contribution in [1.82, 2.24) is 5.32 Å². The number of ether oxygens (including phenoxy) is 1. The van der Waals surface area contributed by atoms with Crippen LogP contribution in [0, 0.1) is 5.82 Å². The third-order valence-electron chi connectivity index (χ3n) is 2.16. The van der Waals surface area contributed by atoms with Gasteiger partial charge in [0.25, 0.3) is 5.91 Å². The second-order valence-corrected chi connectivity index (χ2v) is 4.05. The van der Waals surface area contributed by atoms with Gasteiger partial charge in [0.05, 0.1) is 5.02 Å². The van der Waals surface area contributed by atoms with Gasteiger partial charge in [-0.1, -0.05) is 11.6 Å². The van der Waals surface area contributed by atoms with E-state index in [0.29, 0.717) is 19.4 Å². The minimum absolute atomic E-state index is 0.109. The van der Waals surface area contributed by atoms with Crippen LogP contribution < -0.4 is 10.1 Å². The predicted octanol–water partition coefficient (Wildman–Crippen LogP) is 1.75. The zero-order chi connectivity index (χ0) is 13.4. The van der Waals surface area contributed by atoms with Gasteiger partial charge < -0.3 is 15.2 Å². The first-order valence-electron chi connectivity index (χ1n) is 5.59. The molecule has 0 heterocycles. The third-order valence-corrected chi connectivity index (χ3v) is 2.46. The highest BCUT2D eigenvalue weighted by Crippen LogP contribution is 2.24. The molecule has 0 spiro atoms. The average molecular weight is 276 g/mol. The maximum Gasteiger partial charge on any atom is 0.257 e. The Labute approximate surface area is 110 Å². The number of hydrogen-bond acceptors (Lipinski definition) is 3. The summed E-state index contributed by atoms with van der Waals surface area (Å²) in [5.41, 5.74) is 0. The highest BCUT2D eigenvalue weighted by atomic mass is 35.5. The summed E-state index contributed by atoms with van der Waals surface area (Å²) in [4.78, 5) is 11.3. The standard InChI is InChI=1S/C12H15ClFNO3/c13-10-7-9(14)3-4-11(10)18-8-12(17)15-5-1-2-6-16/h3-4,7,16H,1-2,5-6,8H2,(H,15,17). The molecule has 0 saturated heterocycles. The zero-order valence-electron chi connectivity index (χ0n) is 9.79. The van der Waals surface area contributed by atoms with Crippen LogP contribution in [-0.4, -0.2) is 30.8 Å². The molecule has 6 heteroatoms. The van der Waals surface area contributed by atoms with Crippen LogP contribution in [0.25, 0.3) is 0 Å². The summed E-state index contributed by atoms with van der Waals surface area (Å²) < 4.78 is 17.9. The van der Waals surface area contributed by atoms with Gasteiger partial charge in [0.1, 0.15) is 11.6 Å². The van der Waals surface area contributed by atoms with Crippen molar-refractivity contribution < 1.29 is 19.0 Å². The van der Waals surface area contributed by atoms with E-state index in [-0.39, 0.29) is 29.9 Å². The largest absolute Gasteiger partial charge is 0.482 e. The van der Waals surface area contributed by atoms with Gasteiger partial charge in [0.2, 0.25) is 0 Å². The molecule has 1 amide bonds. The lowest BCUT2D eigenvalue weighted by Gasteiger charge is -2.08. The van der Waals surface area contributed by atoms with E-state index in [1.165, 1.54) is 12.1 Å². The van der Waals surface area contributed by atoms with Crippen molar-refractivity contribution in [3.63, 3.8) is 0 Å². The number of rotatable bonds is 7. The fourth-order valence-corrected chi connectivity index (χ4v) is 1.47. The van der Waals surface area contributed by atoms with Crippen LogP contribution in [-0.2, 0) is 4.79 Å². The smallest absolute Gasteiger partial charge is 0.257 e. The van der Waals surface area contributed by atoms with E-state index in [0.717, 1.165) is 6.07 Å². The number of carbonyl (C=O) groups excluding carboxylic acids is 1. The number of carbonyl (C=O) groups is 1. The van der Waals surface area contributed by atoms with Gasteiger partial charge in [-0.2, -0.15) is 0 Å². The first-order valence-corrected chi connectivity index (χ1v) is 5.96. The molecule has 0 atom stereocenters. The average Bonchev–Trinajstić information content (AvgIpc) is 2.33. The maximum atomic E-state index is 12.7. The van der Waals surface area contributed by atoms with Crippen molar-refractivity contribution in [2.75, 3.05) is 19.8 Å². The molecule has 1 rings (SSSR count). The van der Waals surface area contributed by atoms with Crippen molar-refractivity contribution in [2.45, 2.75) is 12.8 Å². The molecule has 2 N–H and O–H groups in total. The van der Waals surface area contributed by atoms with Crippen molar-refractivity contribution in [3.05, 3.63) is 29.0 Å². The molecule has 0 aliphatic heterocycles. The van der Waals surface area contributed by atoms with Crippen LogP contribution in [0.15, 0.2) is 18.2 Å². The van der Waals surface area contributed by atoms with Crippen LogP contribution in [0.4, 0.5) is 4.39 Å². The topological polar surface area (TPSA) is 58.6 Å². The van der Waals surface area contributed by atoms with Gasteiger partial charge in [0, 0.05) is 13.2 Å². The molecule has 1 aromatic carbocycles. The number of aliphatic hydroxyl groups excluding tert-OH is 1. The Bertz CT molecular complexity index is 401. The summed E-state index contributed by atoms with van der Waals surface area (Å²) in [6.07, 6.45) is 1.35. The summed E-state index contributed by atoms with van der Waals surface area (Å²) >= 11 is 5.73. The second-order valence-electron chi connectivity index (χ2n) is 3.64. The number of aliphatic hydroxyl groups is 1. The van der Waals surface area contributed by atoms with Gasteiger partial charge >= 0.3 is 0 Å². The molecule has 0 aromatic heterocycles. The van der Waals surface area contributed by atoms with E-state index >= 15 is 0 Å². The Morgan fingerprint density at radius 2 is 2.22 bits per heavy atom. The lowest BCUT2D eigenvalue weighted by Crippen LogP contribution is -2.29. The molecular weight excluding hydrogens is 261 g/mol. The number of amides is 1.